The molecule has 0 heterocycles. The third-order valence-corrected chi connectivity index (χ3v) is 5.61. The lowest BCUT2D eigenvalue weighted by atomic mass is 10.2. The number of amides is 1. The SMILES string of the molecule is CCOc1ccc(N([C@@H](C)C(=O)Nc2cc(C(F)(F)F)ccc2Cl)S(C)(=O)=O)cc1. The van der Waals surface area contributed by atoms with Crippen molar-refractivity contribution in [3.8, 4) is 5.75 Å². The van der Waals surface area contributed by atoms with Crippen LogP contribution in [0, 0.1) is 0 Å². The van der Waals surface area contributed by atoms with Gasteiger partial charge >= 0.3 is 6.18 Å². The van der Waals surface area contributed by atoms with Gasteiger partial charge in [-0.1, -0.05) is 11.6 Å². The van der Waals surface area contributed by atoms with E-state index in [9.17, 15) is 26.4 Å². The molecule has 2 rings (SSSR count). The summed E-state index contributed by atoms with van der Waals surface area (Å²) in [6.07, 6.45) is -3.71. The highest BCUT2D eigenvalue weighted by Crippen LogP contribution is 2.34. The highest BCUT2D eigenvalue weighted by Gasteiger charge is 2.32. The molecule has 2 aromatic carbocycles. The zero-order valence-electron chi connectivity index (χ0n) is 16.3. The number of benzene rings is 2. The van der Waals surface area contributed by atoms with Crippen molar-refractivity contribution in [3.05, 3.63) is 53.1 Å². The first-order valence-electron chi connectivity index (χ1n) is 8.74. The molecule has 0 aromatic heterocycles. The minimum Gasteiger partial charge on any atom is -0.494 e. The lowest BCUT2D eigenvalue weighted by Crippen LogP contribution is -2.45. The smallest absolute Gasteiger partial charge is 0.416 e. The number of alkyl halides is 3. The van der Waals surface area contributed by atoms with Crippen LogP contribution in [-0.2, 0) is 21.0 Å². The summed E-state index contributed by atoms with van der Waals surface area (Å²) in [5.41, 5.74) is -1.08. The van der Waals surface area contributed by atoms with Gasteiger partial charge in [0.1, 0.15) is 11.8 Å². The van der Waals surface area contributed by atoms with Crippen LogP contribution >= 0.6 is 11.6 Å². The first-order valence-corrected chi connectivity index (χ1v) is 11.0. The van der Waals surface area contributed by atoms with Crippen LogP contribution in [0.4, 0.5) is 24.5 Å². The second-order valence-corrected chi connectivity index (χ2v) is 8.61. The Morgan fingerprint density at radius 2 is 1.80 bits per heavy atom. The van der Waals surface area contributed by atoms with Gasteiger partial charge in [0.25, 0.3) is 0 Å². The average Bonchev–Trinajstić information content (AvgIpc) is 2.63. The molecule has 0 unspecified atom stereocenters. The van der Waals surface area contributed by atoms with Gasteiger partial charge in [0, 0.05) is 0 Å². The summed E-state index contributed by atoms with van der Waals surface area (Å²) in [5, 5.41) is 2.16. The second kappa shape index (κ2) is 9.13. The first-order chi connectivity index (χ1) is 13.8. The van der Waals surface area contributed by atoms with E-state index in [-0.39, 0.29) is 16.4 Å². The molecule has 0 saturated carbocycles. The molecule has 0 aliphatic heterocycles. The van der Waals surface area contributed by atoms with Crippen LogP contribution in [-0.4, -0.2) is 33.2 Å². The Labute approximate surface area is 177 Å². The molecule has 30 heavy (non-hydrogen) atoms. The minimum absolute atomic E-state index is 0.115. The Bertz CT molecular complexity index is 1010. The minimum atomic E-state index is -4.63. The molecule has 0 aliphatic rings. The maximum absolute atomic E-state index is 12.9. The van der Waals surface area contributed by atoms with E-state index in [1.807, 2.05) is 0 Å². The van der Waals surface area contributed by atoms with Gasteiger partial charge in [-0.05, 0) is 56.3 Å². The van der Waals surface area contributed by atoms with Gasteiger partial charge in [-0.3, -0.25) is 9.10 Å². The molecule has 1 N–H and O–H groups in total. The van der Waals surface area contributed by atoms with Crippen LogP contribution in [0.25, 0.3) is 0 Å². The molecule has 1 amide bonds. The molecular weight excluding hydrogens is 445 g/mol. The van der Waals surface area contributed by atoms with Crippen molar-refractivity contribution in [2.24, 2.45) is 0 Å². The number of hydrogen-bond donors (Lipinski definition) is 1. The Morgan fingerprint density at radius 1 is 1.20 bits per heavy atom. The molecule has 0 aliphatic carbocycles. The normalized spacial score (nSPS) is 12.9. The molecule has 0 bridgehead atoms. The summed E-state index contributed by atoms with van der Waals surface area (Å²) in [7, 11) is -3.90. The van der Waals surface area contributed by atoms with Gasteiger partial charge in [0.15, 0.2) is 0 Å². The van der Waals surface area contributed by atoms with Gasteiger partial charge in [-0.25, -0.2) is 8.42 Å². The second-order valence-electron chi connectivity index (χ2n) is 6.34. The standard InChI is InChI=1S/C19H20ClF3N2O4S/c1-4-29-15-8-6-14(7-9-15)25(30(3,27)28)12(2)18(26)24-17-11-13(19(21,22)23)5-10-16(17)20/h5-12H,4H2,1-3H3,(H,24,26)/t12-/m0/s1. The lowest BCUT2D eigenvalue weighted by Gasteiger charge is -2.28. The molecule has 6 nitrogen and oxygen atoms in total. The number of ether oxygens (including phenoxy) is 1. The molecule has 0 radical (unpaired) electrons. The van der Waals surface area contributed by atoms with Crippen molar-refractivity contribution in [1.29, 1.82) is 0 Å². The van der Waals surface area contributed by atoms with E-state index in [1.165, 1.54) is 19.1 Å². The number of halogens is 4. The number of anilines is 2. The number of carbonyl (C=O) groups excluding carboxylic acids is 1. The molecule has 0 spiro atoms. The summed E-state index contributed by atoms with van der Waals surface area (Å²) in [6.45, 7) is 3.53. The van der Waals surface area contributed by atoms with Gasteiger partial charge < -0.3 is 10.1 Å². The summed E-state index contributed by atoms with van der Waals surface area (Å²) < 4.78 is 69.6. The van der Waals surface area contributed by atoms with E-state index in [0.717, 1.165) is 22.7 Å². The molecule has 0 saturated heterocycles. The van der Waals surface area contributed by atoms with E-state index < -0.39 is 33.7 Å². The van der Waals surface area contributed by atoms with Crippen LogP contribution in [0.3, 0.4) is 0 Å². The first kappa shape index (κ1) is 23.8. The van der Waals surface area contributed by atoms with Gasteiger partial charge in [-0.2, -0.15) is 13.2 Å². The Kier molecular flexibility index (Phi) is 7.25. The number of nitrogens with zero attached hydrogens (tertiary/aromatic N) is 1. The van der Waals surface area contributed by atoms with Gasteiger partial charge in [-0.15, -0.1) is 0 Å². The highest BCUT2D eigenvalue weighted by molar-refractivity contribution is 7.92. The van der Waals surface area contributed by atoms with Crippen molar-refractivity contribution in [2.45, 2.75) is 26.1 Å². The number of hydrogen-bond acceptors (Lipinski definition) is 4. The fourth-order valence-corrected chi connectivity index (χ4v) is 4.04. The monoisotopic (exact) mass is 464 g/mol. The fourth-order valence-electron chi connectivity index (χ4n) is 2.70. The number of carbonyl (C=O) groups is 1. The van der Waals surface area contributed by atoms with Crippen LogP contribution in [0.5, 0.6) is 5.75 Å². The summed E-state index contributed by atoms with van der Waals surface area (Å²) in [6, 6.07) is 7.23. The predicted molar refractivity (Wildman–Crippen MR) is 109 cm³/mol. The maximum Gasteiger partial charge on any atom is 0.416 e. The van der Waals surface area contributed by atoms with E-state index in [1.54, 1.807) is 19.1 Å². The van der Waals surface area contributed by atoms with E-state index in [4.69, 9.17) is 16.3 Å². The van der Waals surface area contributed by atoms with Crippen molar-refractivity contribution in [1.82, 2.24) is 0 Å². The number of sulfonamides is 1. The number of nitrogens with one attached hydrogen (secondary N) is 1. The Hall–Kier alpha value is -2.46. The highest BCUT2D eigenvalue weighted by atomic mass is 35.5. The third-order valence-electron chi connectivity index (χ3n) is 4.04. The van der Waals surface area contributed by atoms with Gasteiger partial charge in [0.2, 0.25) is 15.9 Å². The van der Waals surface area contributed by atoms with Crippen LogP contribution in [0.2, 0.25) is 5.02 Å². The van der Waals surface area contributed by atoms with Crippen molar-refractivity contribution in [2.75, 3.05) is 22.5 Å². The summed E-state index contributed by atoms with van der Waals surface area (Å²) in [5.74, 6) is -0.335. The molecule has 2 aromatic rings. The molecule has 164 valence electrons. The summed E-state index contributed by atoms with van der Waals surface area (Å²) >= 11 is 5.90. The van der Waals surface area contributed by atoms with Crippen LogP contribution < -0.4 is 14.4 Å². The molecule has 11 heteroatoms. The van der Waals surface area contributed by atoms with Gasteiger partial charge in [0.05, 0.1) is 34.8 Å². The zero-order valence-corrected chi connectivity index (χ0v) is 17.9. The largest absolute Gasteiger partial charge is 0.494 e. The topological polar surface area (TPSA) is 75.7 Å². The Morgan fingerprint density at radius 3 is 2.30 bits per heavy atom. The summed E-state index contributed by atoms with van der Waals surface area (Å²) in [4.78, 5) is 12.7. The van der Waals surface area contributed by atoms with Crippen LogP contribution in [0.1, 0.15) is 19.4 Å². The number of rotatable bonds is 7. The van der Waals surface area contributed by atoms with Crippen molar-refractivity contribution >= 4 is 38.9 Å². The lowest BCUT2D eigenvalue weighted by molar-refractivity contribution is -0.137. The molecular formula is C19H20ClF3N2O4S. The molecule has 1 atom stereocenters. The zero-order chi connectivity index (χ0) is 22.7. The quantitative estimate of drug-likeness (QED) is 0.652. The molecule has 0 fully saturated rings. The maximum atomic E-state index is 12.9. The van der Waals surface area contributed by atoms with E-state index in [2.05, 4.69) is 5.32 Å². The van der Waals surface area contributed by atoms with Crippen molar-refractivity contribution < 1.29 is 31.1 Å². The van der Waals surface area contributed by atoms with E-state index >= 15 is 0 Å². The predicted octanol–water partition coefficient (Wildman–Crippen LogP) is 4.55. The van der Waals surface area contributed by atoms with E-state index in [0.29, 0.717) is 18.4 Å². The van der Waals surface area contributed by atoms with Crippen molar-refractivity contribution in [3.63, 3.8) is 0 Å². The average molecular weight is 465 g/mol. The Balaban J connectivity index is 2.33. The fraction of sp³-hybridized carbons (Fsp3) is 0.316. The van der Waals surface area contributed by atoms with Crippen LogP contribution in [0.15, 0.2) is 42.5 Å². The third kappa shape index (κ3) is 5.79.